The molecule has 2 heterocycles. The Hall–Kier alpha value is -3.27. The second kappa shape index (κ2) is 10.6. The average molecular weight is 461 g/mol. The number of benzene rings is 1. The summed E-state index contributed by atoms with van der Waals surface area (Å²) in [7, 11) is 0. The number of ketones is 1. The third kappa shape index (κ3) is 5.95. The summed E-state index contributed by atoms with van der Waals surface area (Å²) in [6.45, 7) is 3.48. The van der Waals surface area contributed by atoms with Crippen LogP contribution in [0.4, 0.5) is 4.39 Å². The fourth-order valence-electron chi connectivity index (χ4n) is 3.99. The Balaban J connectivity index is 1.74. The molecule has 5 N–H and O–H groups in total. The maximum Gasteiger partial charge on any atom is 0.268 e. The number of hydrogen-bond donors (Lipinski definition) is 5. The Kier molecular flexibility index (Phi) is 7.80. The summed E-state index contributed by atoms with van der Waals surface area (Å²) in [6, 6.07) is 3.80. The van der Waals surface area contributed by atoms with Crippen LogP contribution in [0.1, 0.15) is 43.6 Å². The number of hydrogen-bond acceptors (Lipinski definition) is 5. The van der Waals surface area contributed by atoms with Gasteiger partial charge in [0.1, 0.15) is 24.2 Å². The molecule has 3 rings (SSSR count). The number of nitrogens with one attached hydrogen (secondary N) is 4. The molecule has 0 aliphatic carbocycles. The van der Waals surface area contributed by atoms with Crippen LogP contribution in [0.15, 0.2) is 24.3 Å². The predicted molar refractivity (Wildman–Crippen MR) is 119 cm³/mol. The molecule has 0 radical (unpaired) electrons. The van der Waals surface area contributed by atoms with Gasteiger partial charge in [-0.05, 0) is 43.4 Å². The van der Waals surface area contributed by atoms with Gasteiger partial charge in [-0.25, -0.2) is 4.39 Å². The Labute approximate surface area is 190 Å². The van der Waals surface area contributed by atoms with Gasteiger partial charge in [0, 0.05) is 23.4 Å². The first kappa shape index (κ1) is 24.4. The monoisotopic (exact) mass is 460 g/mol. The Morgan fingerprint density at radius 3 is 2.58 bits per heavy atom. The largest absolute Gasteiger partial charge is 0.389 e. The normalized spacial score (nSPS) is 17.6. The highest BCUT2D eigenvalue weighted by Crippen LogP contribution is 2.20. The van der Waals surface area contributed by atoms with Crippen LogP contribution in [0.2, 0.25) is 0 Å². The van der Waals surface area contributed by atoms with Crippen molar-refractivity contribution in [2.45, 2.75) is 45.2 Å². The van der Waals surface area contributed by atoms with Crippen LogP contribution in [-0.2, 0) is 14.4 Å². The summed E-state index contributed by atoms with van der Waals surface area (Å²) >= 11 is 0. The van der Waals surface area contributed by atoms with Crippen LogP contribution in [0.5, 0.6) is 0 Å². The van der Waals surface area contributed by atoms with Gasteiger partial charge in [0.2, 0.25) is 11.8 Å². The van der Waals surface area contributed by atoms with Crippen LogP contribution in [0.25, 0.3) is 10.9 Å². The molecule has 1 aromatic carbocycles. The van der Waals surface area contributed by atoms with Gasteiger partial charge in [-0.2, -0.15) is 0 Å². The average Bonchev–Trinajstić information content (AvgIpc) is 3.39. The second-order valence-electron chi connectivity index (χ2n) is 8.74. The van der Waals surface area contributed by atoms with Crippen molar-refractivity contribution in [2.24, 2.45) is 11.8 Å². The number of carbonyl (C=O) groups is 4. The van der Waals surface area contributed by atoms with E-state index in [1.165, 1.54) is 18.2 Å². The van der Waals surface area contributed by atoms with Crippen molar-refractivity contribution in [3.05, 3.63) is 35.8 Å². The first-order valence-corrected chi connectivity index (χ1v) is 11.0. The van der Waals surface area contributed by atoms with Crippen molar-refractivity contribution in [1.82, 2.24) is 20.9 Å². The van der Waals surface area contributed by atoms with E-state index in [0.717, 1.165) is 0 Å². The minimum atomic E-state index is -1.05. The smallest absolute Gasteiger partial charge is 0.268 e. The van der Waals surface area contributed by atoms with E-state index in [1.807, 2.05) is 13.8 Å². The van der Waals surface area contributed by atoms with Gasteiger partial charge in [0.05, 0.1) is 6.04 Å². The molecular formula is C23H29FN4O5. The molecule has 1 aliphatic heterocycles. The van der Waals surface area contributed by atoms with Crippen LogP contribution >= 0.6 is 0 Å². The molecule has 0 bridgehead atoms. The number of aliphatic hydroxyl groups is 1. The molecule has 1 aromatic heterocycles. The van der Waals surface area contributed by atoms with Crippen molar-refractivity contribution < 1.29 is 28.7 Å². The van der Waals surface area contributed by atoms with Crippen LogP contribution in [-0.4, -0.2) is 58.8 Å². The third-order valence-corrected chi connectivity index (χ3v) is 5.73. The zero-order chi connectivity index (χ0) is 24.1. The number of halogens is 1. The SMILES string of the molecule is CC(C)C[C@H](NC(=O)c1cc2c(F)cccc2[nH]1)C(=O)N[C@@H](C[C@@H]1CCNC1=O)C(=O)CO. The number of amides is 3. The van der Waals surface area contributed by atoms with Gasteiger partial charge in [0.25, 0.3) is 5.91 Å². The number of carbonyl (C=O) groups excluding carboxylic acids is 4. The molecule has 1 aliphatic rings. The summed E-state index contributed by atoms with van der Waals surface area (Å²) in [5.41, 5.74) is 0.552. The number of Topliss-reactive ketones (excluding diaryl/α,β-unsaturated/α-hetero) is 1. The van der Waals surface area contributed by atoms with E-state index in [9.17, 15) is 28.7 Å². The first-order chi connectivity index (χ1) is 15.7. The van der Waals surface area contributed by atoms with E-state index in [4.69, 9.17) is 0 Å². The highest BCUT2D eigenvalue weighted by atomic mass is 19.1. The molecule has 1 saturated heterocycles. The van der Waals surface area contributed by atoms with E-state index in [2.05, 4.69) is 20.9 Å². The minimum Gasteiger partial charge on any atom is -0.389 e. The molecular weight excluding hydrogens is 431 g/mol. The molecule has 2 aromatic rings. The molecule has 178 valence electrons. The highest BCUT2D eigenvalue weighted by molar-refractivity contribution is 6.01. The lowest BCUT2D eigenvalue weighted by Gasteiger charge is -2.24. The maximum atomic E-state index is 14.0. The van der Waals surface area contributed by atoms with Gasteiger partial charge in [-0.1, -0.05) is 19.9 Å². The topological polar surface area (TPSA) is 140 Å². The van der Waals surface area contributed by atoms with Gasteiger partial charge in [0.15, 0.2) is 5.78 Å². The Morgan fingerprint density at radius 1 is 1.21 bits per heavy atom. The van der Waals surface area contributed by atoms with E-state index in [0.29, 0.717) is 18.5 Å². The van der Waals surface area contributed by atoms with Crippen molar-refractivity contribution in [3.8, 4) is 0 Å². The maximum absolute atomic E-state index is 14.0. The van der Waals surface area contributed by atoms with Crippen LogP contribution in [0, 0.1) is 17.7 Å². The molecule has 10 heteroatoms. The van der Waals surface area contributed by atoms with E-state index >= 15 is 0 Å². The summed E-state index contributed by atoms with van der Waals surface area (Å²) in [6.07, 6.45) is 0.893. The highest BCUT2D eigenvalue weighted by Gasteiger charge is 2.33. The fraction of sp³-hybridized carbons (Fsp3) is 0.478. The van der Waals surface area contributed by atoms with Crippen LogP contribution < -0.4 is 16.0 Å². The number of H-pyrrole nitrogens is 1. The molecule has 0 saturated carbocycles. The lowest BCUT2D eigenvalue weighted by atomic mass is 9.95. The second-order valence-corrected chi connectivity index (χ2v) is 8.74. The van der Waals surface area contributed by atoms with Gasteiger partial charge >= 0.3 is 0 Å². The van der Waals surface area contributed by atoms with E-state index < -0.39 is 48.0 Å². The summed E-state index contributed by atoms with van der Waals surface area (Å²) in [5, 5.41) is 17.5. The Morgan fingerprint density at radius 2 is 1.97 bits per heavy atom. The first-order valence-electron chi connectivity index (χ1n) is 11.0. The lowest BCUT2D eigenvalue weighted by molar-refractivity contribution is -0.131. The zero-order valence-corrected chi connectivity index (χ0v) is 18.6. The number of aromatic amines is 1. The van der Waals surface area contributed by atoms with Crippen molar-refractivity contribution in [1.29, 1.82) is 0 Å². The predicted octanol–water partition coefficient (Wildman–Crippen LogP) is 1.02. The standard InChI is InChI=1S/C23H29FN4O5/c1-12(2)8-18(28-23(33)19-10-14-15(24)4-3-5-16(14)26-19)22(32)27-17(20(30)11-29)9-13-6-7-25-21(13)31/h3-5,10,12-13,17-18,26,29H,6-9,11H2,1-2H3,(H,25,31)(H,27,32)(H,28,33)/t13-,17-,18-/m0/s1. The number of fused-ring (bicyclic) bond motifs is 1. The lowest BCUT2D eigenvalue weighted by Crippen LogP contribution is -2.53. The van der Waals surface area contributed by atoms with E-state index in [1.54, 1.807) is 6.07 Å². The quantitative estimate of drug-likeness (QED) is 0.360. The molecule has 33 heavy (non-hydrogen) atoms. The number of aliphatic hydroxyl groups excluding tert-OH is 1. The molecule has 9 nitrogen and oxygen atoms in total. The Bertz CT molecular complexity index is 1050. The van der Waals surface area contributed by atoms with Gasteiger partial charge in [-0.15, -0.1) is 0 Å². The van der Waals surface area contributed by atoms with Gasteiger partial charge in [-0.3, -0.25) is 19.2 Å². The van der Waals surface area contributed by atoms with Crippen LogP contribution in [0.3, 0.4) is 0 Å². The molecule has 3 amide bonds. The summed E-state index contributed by atoms with van der Waals surface area (Å²) in [4.78, 5) is 52.8. The van der Waals surface area contributed by atoms with Gasteiger partial charge < -0.3 is 26.0 Å². The van der Waals surface area contributed by atoms with Crippen molar-refractivity contribution >= 4 is 34.4 Å². The van der Waals surface area contributed by atoms with Crippen molar-refractivity contribution in [2.75, 3.05) is 13.2 Å². The third-order valence-electron chi connectivity index (χ3n) is 5.73. The molecule has 0 spiro atoms. The molecule has 1 fully saturated rings. The minimum absolute atomic E-state index is 0.0359. The zero-order valence-electron chi connectivity index (χ0n) is 18.6. The molecule has 3 atom stereocenters. The summed E-state index contributed by atoms with van der Waals surface area (Å²) in [5.74, 6) is -2.86. The molecule has 0 unspecified atom stereocenters. The van der Waals surface area contributed by atoms with E-state index in [-0.39, 0.29) is 35.7 Å². The number of aromatic nitrogens is 1. The summed E-state index contributed by atoms with van der Waals surface area (Å²) < 4.78 is 14.0. The fourth-order valence-corrected chi connectivity index (χ4v) is 3.99. The number of rotatable bonds is 10. The van der Waals surface area contributed by atoms with Crippen molar-refractivity contribution in [3.63, 3.8) is 0 Å².